The van der Waals surface area contributed by atoms with Crippen LogP contribution in [0.1, 0.15) is 119 Å². The smallest absolute Gasteiger partial charge is 0.439 e. The molecule has 0 spiro atoms. The third kappa shape index (κ3) is 7.42. The van der Waals surface area contributed by atoms with Gasteiger partial charge in [-0.25, -0.2) is 9.59 Å². The standard InChI is InChI=1S/C27H54N2O4/c1-7-13-19-28(20-14-8-2,21-15-9-3)27(25(30)31,26(32)33)29(22-16-10-4,23-17-11-5)24-18-12-6/h7-24H2,1-6H3/p+2. The average Bonchev–Trinajstić information content (AvgIpc) is 2.79. The molecule has 33 heavy (non-hydrogen) atoms. The fraction of sp³-hybridized carbons (Fsp3) is 0.926. The summed E-state index contributed by atoms with van der Waals surface area (Å²) in [4.78, 5) is 27.0. The Morgan fingerprint density at radius 3 is 0.788 bits per heavy atom. The van der Waals surface area contributed by atoms with Crippen molar-refractivity contribution in [2.24, 2.45) is 0 Å². The molecular formula is C27H56N2O4+2. The molecule has 0 rings (SSSR count). The second-order valence-corrected chi connectivity index (χ2v) is 10.0. The molecule has 0 unspecified atom stereocenters. The Balaban J connectivity index is 7.38. The van der Waals surface area contributed by atoms with Crippen molar-refractivity contribution in [2.75, 3.05) is 39.3 Å². The summed E-state index contributed by atoms with van der Waals surface area (Å²) in [6.07, 6.45) is 10.7. The lowest BCUT2D eigenvalue weighted by atomic mass is 9.92. The third-order valence-corrected chi connectivity index (χ3v) is 7.61. The number of carbonyl (C=O) groups is 2. The lowest BCUT2D eigenvalue weighted by molar-refractivity contribution is -1.14. The Bertz CT molecular complexity index is 459. The first kappa shape index (κ1) is 31.9. The van der Waals surface area contributed by atoms with Crippen LogP contribution >= 0.6 is 0 Å². The molecule has 0 aromatic heterocycles. The molecule has 0 heterocycles. The predicted molar refractivity (Wildman–Crippen MR) is 137 cm³/mol. The van der Waals surface area contributed by atoms with Crippen molar-refractivity contribution in [3.8, 4) is 0 Å². The van der Waals surface area contributed by atoms with Crippen LogP contribution in [0.2, 0.25) is 0 Å². The molecule has 0 aromatic rings. The summed E-state index contributed by atoms with van der Waals surface area (Å²) in [6.45, 7) is 16.4. The Morgan fingerprint density at radius 1 is 0.485 bits per heavy atom. The molecule has 0 aromatic carbocycles. The predicted octanol–water partition coefficient (Wildman–Crippen LogP) is 6.29. The van der Waals surface area contributed by atoms with E-state index in [2.05, 4.69) is 41.5 Å². The van der Waals surface area contributed by atoms with Crippen LogP contribution in [0.4, 0.5) is 0 Å². The quantitative estimate of drug-likeness (QED) is 0.110. The number of unbranched alkanes of at least 4 members (excludes halogenated alkanes) is 6. The zero-order chi connectivity index (χ0) is 25.4. The van der Waals surface area contributed by atoms with Crippen molar-refractivity contribution in [1.82, 2.24) is 0 Å². The SMILES string of the molecule is CCCC[N+](CCCC)(CCCC)C(C(=O)O)(C(=O)O)[N+](CCCC)(CCCC)CCCC. The normalized spacial score (nSPS) is 12.8. The van der Waals surface area contributed by atoms with Gasteiger partial charge in [-0.2, -0.15) is 0 Å². The van der Waals surface area contributed by atoms with Gasteiger partial charge in [-0.15, -0.1) is 0 Å². The number of rotatable bonds is 22. The minimum absolute atomic E-state index is 0.185. The average molecular weight is 473 g/mol. The van der Waals surface area contributed by atoms with Crippen LogP contribution in [0.25, 0.3) is 0 Å². The minimum atomic E-state index is -1.86. The van der Waals surface area contributed by atoms with E-state index in [-0.39, 0.29) is 8.97 Å². The molecule has 196 valence electrons. The van der Waals surface area contributed by atoms with Crippen LogP contribution < -0.4 is 0 Å². The molecule has 0 aliphatic heterocycles. The van der Waals surface area contributed by atoms with E-state index < -0.39 is 17.6 Å². The monoisotopic (exact) mass is 472 g/mol. The van der Waals surface area contributed by atoms with E-state index in [1.807, 2.05) is 0 Å². The summed E-state index contributed by atoms with van der Waals surface area (Å²) in [5.41, 5.74) is -1.86. The van der Waals surface area contributed by atoms with Crippen LogP contribution in [0.5, 0.6) is 0 Å². The number of carboxylic acid groups (broad SMARTS) is 2. The Hall–Kier alpha value is -1.14. The van der Waals surface area contributed by atoms with Gasteiger partial charge in [-0.1, -0.05) is 80.1 Å². The molecular weight excluding hydrogens is 416 g/mol. The van der Waals surface area contributed by atoms with Crippen molar-refractivity contribution in [2.45, 2.75) is 124 Å². The first-order valence-electron chi connectivity index (χ1n) is 13.9. The highest BCUT2D eigenvalue weighted by atomic mass is 16.4. The van der Waals surface area contributed by atoms with Crippen molar-refractivity contribution < 1.29 is 28.8 Å². The highest BCUT2D eigenvalue weighted by Gasteiger charge is 2.75. The van der Waals surface area contributed by atoms with Crippen LogP contribution in [-0.4, -0.2) is 76.0 Å². The van der Waals surface area contributed by atoms with Crippen LogP contribution in [0, 0.1) is 0 Å². The summed E-state index contributed by atoms with van der Waals surface area (Å²) in [5.74, 6) is -2.25. The molecule has 6 heteroatoms. The maximum Gasteiger partial charge on any atom is 0.439 e. The zero-order valence-corrected chi connectivity index (χ0v) is 22.8. The highest BCUT2D eigenvalue weighted by molar-refractivity contribution is 5.99. The van der Waals surface area contributed by atoms with Gasteiger partial charge in [0.05, 0.1) is 39.3 Å². The second kappa shape index (κ2) is 16.5. The Labute approximate surface area is 204 Å². The molecule has 0 atom stereocenters. The molecule has 0 amide bonds. The van der Waals surface area contributed by atoms with Crippen LogP contribution in [0.15, 0.2) is 0 Å². The molecule has 0 fully saturated rings. The fourth-order valence-electron chi connectivity index (χ4n) is 5.76. The lowest BCUT2D eigenvalue weighted by Gasteiger charge is -2.57. The van der Waals surface area contributed by atoms with E-state index in [9.17, 15) is 19.8 Å². The van der Waals surface area contributed by atoms with Crippen molar-refractivity contribution in [3.63, 3.8) is 0 Å². The van der Waals surface area contributed by atoms with Gasteiger partial charge in [-0.05, 0) is 38.5 Å². The van der Waals surface area contributed by atoms with E-state index in [1.165, 1.54) is 0 Å². The number of nitrogens with zero attached hydrogens (tertiary/aromatic N) is 2. The fourth-order valence-corrected chi connectivity index (χ4v) is 5.76. The van der Waals surface area contributed by atoms with E-state index in [0.29, 0.717) is 39.3 Å². The number of hydrogen-bond donors (Lipinski definition) is 2. The topological polar surface area (TPSA) is 74.6 Å². The van der Waals surface area contributed by atoms with Crippen LogP contribution in [0.3, 0.4) is 0 Å². The highest BCUT2D eigenvalue weighted by Crippen LogP contribution is 2.40. The first-order valence-corrected chi connectivity index (χ1v) is 13.9. The minimum Gasteiger partial charge on any atom is -0.471 e. The van der Waals surface area contributed by atoms with Crippen molar-refractivity contribution in [3.05, 3.63) is 0 Å². The third-order valence-electron chi connectivity index (χ3n) is 7.61. The maximum atomic E-state index is 13.5. The molecule has 0 saturated heterocycles. The molecule has 0 saturated carbocycles. The second-order valence-electron chi connectivity index (χ2n) is 10.0. The summed E-state index contributed by atoms with van der Waals surface area (Å²) < 4.78 is 0.370. The summed E-state index contributed by atoms with van der Waals surface area (Å²) in [7, 11) is 0. The number of hydrogen-bond acceptors (Lipinski definition) is 2. The van der Waals surface area contributed by atoms with Crippen LogP contribution in [-0.2, 0) is 9.59 Å². The lowest BCUT2D eigenvalue weighted by Crippen LogP contribution is -2.86. The zero-order valence-electron chi connectivity index (χ0n) is 22.8. The molecule has 0 bridgehead atoms. The maximum absolute atomic E-state index is 13.5. The van der Waals surface area contributed by atoms with Gasteiger partial charge in [-0.3, -0.25) is 8.97 Å². The summed E-state index contributed by atoms with van der Waals surface area (Å²) in [5, 5.41) is 22.1. The van der Waals surface area contributed by atoms with Gasteiger partial charge in [0.2, 0.25) is 0 Å². The largest absolute Gasteiger partial charge is 0.471 e. The number of carboxylic acids is 2. The van der Waals surface area contributed by atoms with Gasteiger partial charge in [0.15, 0.2) is 0 Å². The van der Waals surface area contributed by atoms with Crippen molar-refractivity contribution in [1.29, 1.82) is 0 Å². The summed E-state index contributed by atoms with van der Waals surface area (Å²) in [6, 6.07) is 0. The number of quaternary nitrogens is 2. The Kier molecular flexibility index (Phi) is 15.9. The van der Waals surface area contributed by atoms with Gasteiger partial charge in [0, 0.05) is 0 Å². The van der Waals surface area contributed by atoms with E-state index in [4.69, 9.17) is 0 Å². The van der Waals surface area contributed by atoms with Crippen molar-refractivity contribution >= 4 is 11.9 Å². The van der Waals surface area contributed by atoms with Gasteiger partial charge in [0.25, 0.3) is 0 Å². The molecule has 2 N–H and O–H groups in total. The molecule has 6 nitrogen and oxygen atoms in total. The Morgan fingerprint density at radius 2 is 0.667 bits per heavy atom. The molecule has 0 aliphatic rings. The van der Waals surface area contributed by atoms with E-state index in [0.717, 1.165) is 77.0 Å². The van der Waals surface area contributed by atoms with Gasteiger partial charge in [0.1, 0.15) is 0 Å². The molecule has 0 radical (unpaired) electrons. The van der Waals surface area contributed by atoms with E-state index >= 15 is 0 Å². The molecule has 0 aliphatic carbocycles. The van der Waals surface area contributed by atoms with E-state index in [1.54, 1.807) is 0 Å². The first-order chi connectivity index (χ1) is 15.8. The van der Waals surface area contributed by atoms with Gasteiger partial charge < -0.3 is 10.2 Å². The summed E-state index contributed by atoms with van der Waals surface area (Å²) >= 11 is 0. The van der Waals surface area contributed by atoms with Gasteiger partial charge >= 0.3 is 17.6 Å². The number of aliphatic carboxylic acids is 2.